The zero-order valence-corrected chi connectivity index (χ0v) is 25.2. The fourth-order valence-electron chi connectivity index (χ4n) is 4.46. The number of amidine groups is 1. The molecule has 2 aliphatic rings. The summed E-state index contributed by atoms with van der Waals surface area (Å²) in [6.07, 6.45) is 10.5. The van der Waals surface area contributed by atoms with Crippen molar-refractivity contribution in [3.63, 3.8) is 0 Å². The normalized spacial score (nSPS) is 17.5. The summed E-state index contributed by atoms with van der Waals surface area (Å²) in [5.74, 6) is 1.90. The number of aliphatic imine (C=N–C) groups is 1. The van der Waals surface area contributed by atoms with Crippen LogP contribution >= 0.6 is 0 Å². The molecule has 5 N–H and O–H groups in total. The molecular weight excluding hydrogens is 524 g/mol. The molecule has 224 valence electrons. The number of nitrogens with zero attached hydrogens (tertiary/aromatic N) is 2. The number of hydrogen-bond acceptors (Lipinski definition) is 6. The molecule has 1 amide bonds. The summed E-state index contributed by atoms with van der Waals surface area (Å²) < 4.78 is 5.88. The zero-order valence-electron chi connectivity index (χ0n) is 25.2. The van der Waals surface area contributed by atoms with Crippen molar-refractivity contribution < 1.29 is 9.53 Å². The molecule has 0 aromatic heterocycles. The van der Waals surface area contributed by atoms with Gasteiger partial charge in [0.2, 0.25) is 5.91 Å². The molecule has 1 unspecified atom stereocenters. The van der Waals surface area contributed by atoms with Crippen LogP contribution in [-0.4, -0.2) is 54.1 Å². The first-order chi connectivity index (χ1) is 20.4. The molecule has 0 bridgehead atoms. The molecule has 0 radical (unpaired) electrons. The Morgan fingerprint density at radius 1 is 1.12 bits per heavy atom. The topological polar surface area (TPSA) is 116 Å². The summed E-state index contributed by atoms with van der Waals surface area (Å²) in [5, 5.41) is 15.4. The highest BCUT2D eigenvalue weighted by Crippen LogP contribution is 2.23. The van der Waals surface area contributed by atoms with Crippen molar-refractivity contribution >= 4 is 17.5 Å². The lowest BCUT2D eigenvalue weighted by molar-refractivity contribution is -0.127. The third kappa shape index (κ3) is 10.3. The lowest BCUT2D eigenvalue weighted by Gasteiger charge is -2.31. The van der Waals surface area contributed by atoms with Crippen LogP contribution in [0.3, 0.4) is 0 Å². The molecule has 0 spiro atoms. The van der Waals surface area contributed by atoms with Crippen LogP contribution in [-0.2, 0) is 4.79 Å². The Morgan fingerprint density at radius 2 is 1.79 bits per heavy atom. The first kappa shape index (κ1) is 32.3. The highest BCUT2D eigenvalue weighted by Gasteiger charge is 2.25. The van der Waals surface area contributed by atoms with Gasteiger partial charge in [0.25, 0.3) is 0 Å². The van der Waals surface area contributed by atoms with Crippen molar-refractivity contribution in [3.8, 4) is 11.5 Å². The van der Waals surface area contributed by atoms with Gasteiger partial charge < -0.3 is 26.0 Å². The van der Waals surface area contributed by atoms with Crippen molar-refractivity contribution in [2.75, 3.05) is 19.6 Å². The number of carbonyl (C=O) groups is 1. The van der Waals surface area contributed by atoms with Crippen LogP contribution < -0.4 is 21.1 Å². The van der Waals surface area contributed by atoms with Crippen molar-refractivity contribution in [2.24, 2.45) is 10.7 Å². The summed E-state index contributed by atoms with van der Waals surface area (Å²) in [4.78, 5) is 19.5. The Labute approximate surface area is 250 Å². The molecule has 2 aromatic carbocycles. The van der Waals surface area contributed by atoms with Crippen LogP contribution in [0.1, 0.15) is 58.4 Å². The van der Waals surface area contributed by atoms with Crippen molar-refractivity contribution in [1.29, 1.82) is 5.41 Å². The van der Waals surface area contributed by atoms with E-state index in [1.54, 1.807) is 13.0 Å². The predicted octanol–water partition coefficient (Wildman–Crippen LogP) is 5.93. The maximum Gasteiger partial charge on any atom is 0.246 e. The van der Waals surface area contributed by atoms with Gasteiger partial charge in [0.05, 0.1) is 17.3 Å². The molecule has 1 aliphatic carbocycles. The van der Waals surface area contributed by atoms with E-state index in [9.17, 15) is 4.79 Å². The zero-order chi connectivity index (χ0) is 30.3. The number of piperidine rings is 1. The van der Waals surface area contributed by atoms with E-state index in [0.717, 1.165) is 18.6 Å². The third-order valence-corrected chi connectivity index (χ3v) is 6.62. The minimum absolute atomic E-state index is 0.00190. The van der Waals surface area contributed by atoms with Crippen molar-refractivity contribution in [3.05, 3.63) is 96.4 Å². The first-order valence-electron chi connectivity index (χ1n) is 14.9. The highest BCUT2D eigenvalue weighted by atomic mass is 16.5. The Kier molecular flexibility index (Phi) is 13.0. The maximum atomic E-state index is 12.8. The van der Waals surface area contributed by atoms with E-state index in [1.165, 1.54) is 25.5 Å². The maximum absolute atomic E-state index is 12.8. The van der Waals surface area contributed by atoms with Gasteiger partial charge in [-0.3, -0.25) is 15.2 Å². The summed E-state index contributed by atoms with van der Waals surface area (Å²) >= 11 is 0. The summed E-state index contributed by atoms with van der Waals surface area (Å²) in [7, 11) is 0. The minimum Gasteiger partial charge on any atom is -0.457 e. The number of benzene rings is 2. The lowest BCUT2D eigenvalue weighted by atomic mass is 9.99. The first-order valence-corrected chi connectivity index (χ1v) is 14.9. The second-order valence-corrected chi connectivity index (χ2v) is 10.6. The number of carbonyl (C=O) groups excluding carboxylic acids is 1. The summed E-state index contributed by atoms with van der Waals surface area (Å²) in [6, 6.07) is 17.4. The van der Waals surface area contributed by atoms with Gasteiger partial charge in [-0.25, -0.2) is 0 Å². The van der Waals surface area contributed by atoms with E-state index in [4.69, 9.17) is 20.9 Å². The van der Waals surface area contributed by atoms with E-state index in [0.29, 0.717) is 54.1 Å². The minimum atomic E-state index is -0.119. The van der Waals surface area contributed by atoms with E-state index in [2.05, 4.69) is 31.1 Å². The number of likely N-dealkylation sites (tertiary alicyclic amines) is 1. The second kappa shape index (κ2) is 16.9. The van der Waals surface area contributed by atoms with Crippen LogP contribution in [0, 0.1) is 5.41 Å². The molecule has 8 heteroatoms. The van der Waals surface area contributed by atoms with Gasteiger partial charge in [-0.05, 0) is 75.2 Å². The highest BCUT2D eigenvalue weighted by molar-refractivity contribution is 6.29. The smallest absolute Gasteiger partial charge is 0.246 e. The fraction of sp³-hybridized carbons (Fsp3) is 0.382. The number of para-hydroxylation sites is 1. The largest absolute Gasteiger partial charge is 0.457 e. The monoisotopic (exact) mass is 570 g/mol. The van der Waals surface area contributed by atoms with E-state index < -0.39 is 0 Å². The molecule has 4 rings (SSSR count). The molecule has 2 aromatic rings. The molecule has 1 saturated heterocycles. The van der Waals surface area contributed by atoms with Gasteiger partial charge in [-0.15, -0.1) is 0 Å². The molecular formula is C34H46N6O2. The van der Waals surface area contributed by atoms with Gasteiger partial charge in [-0.1, -0.05) is 51.1 Å². The Bertz CT molecular complexity index is 1260. The van der Waals surface area contributed by atoms with Gasteiger partial charge in [-0.2, -0.15) is 0 Å². The average Bonchev–Trinajstić information content (AvgIpc) is 3.81. The van der Waals surface area contributed by atoms with Crippen LogP contribution in [0.5, 0.6) is 11.5 Å². The molecule has 8 nitrogen and oxygen atoms in total. The molecule has 1 saturated carbocycles. The predicted molar refractivity (Wildman–Crippen MR) is 173 cm³/mol. The van der Waals surface area contributed by atoms with Gasteiger partial charge >= 0.3 is 0 Å². The number of amides is 1. The van der Waals surface area contributed by atoms with Crippen molar-refractivity contribution in [1.82, 2.24) is 15.5 Å². The number of nitrogens with two attached hydrogens (primary N) is 1. The van der Waals surface area contributed by atoms with Crippen LogP contribution in [0.15, 0.2) is 95.8 Å². The number of nitrogens with one attached hydrogen (secondary N) is 3. The Hall–Kier alpha value is -4.17. The number of allylic oxidation sites excluding steroid dienone is 1. The number of rotatable bonds is 11. The van der Waals surface area contributed by atoms with Gasteiger partial charge in [0.15, 0.2) is 0 Å². The van der Waals surface area contributed by atoms with E-state index in [-0.39, 0.29) is 17.7 Å². The van der Waals surface area contributed by atoms with Crippen LogP contribution in [0.2, 0.25) is 0 Å². The Morgan fingerprint density at radius 3 is 2.40 bits per heavy atom. The molecule has 2 fully saturated rings. The number of hydrogen-bond donors (Lipinski definition) is 4. The molecule has 42 heavy (non-hydrogen) atoms. The van der Waals surface area contributed by atoms with E-state index in [1.807, 2.05) is 65.6 Å². The van der Waals surface area contributed by atoms with Gasteiger partial charge in [0.1, 0.15) is 17.3 Å². The number of ether oxygens (including phenoxy) is 1. The van der Waals surface area contributed by atoms with Crippen LogP contribution in [0.4, 0.5) is 0 Å². The molecule has 1 heterocycles. The second-order valence-electron chi connectivity index (χ2n) is 10.6. The molecule has 1 atom stereocenters. The Balaban J connectivity index is 0.00000155. The molecule has 1 aliphatic heterocycles. The summed E-state index contributed by atoms with van der Waals surface area (Å²) in [5.41, 5.74) is 8.18. The third-order valence-electron chi connectivity index (χ3n) is 6.62. The SMILES string of the molecule is C=CNC(=NC1CCCN(C(=O)/C=C/CNC2CC2)C1)/C(C(=N)c1ccc(Oc2ccccc2)cc1)=C(\C)N.CCC. The quantitative estimate of drug-likeness (QED) is 0.152. The van der Waals surface area contributed by atoms with Crippen LogP contribution in [0.25, 0.3) is 0 Å². The standard InChI is InChI=1S/C31H38N6O2.C3H8/c1-3-34-31(36-25-9-8-20-37(21-25)28(38)12-7-19-35-24-15-16-24)29(22(2)32)30(33)23-13-17-27(18-14-23)39-26-10-5-4-6-11-26;1-3-2/h3-7,10-14,17-18,24-25,33,35H,1,8-9,15-16,19-21,32H2,2H3,(H,34,36);3H2,1-2H3/b12-7+,29-22+,33-30?;. The fourth-order valence-corrected chi connectivity index (χ4v) is 4.46. The summed E-state index contributed by atoms with van der Waals surface area (Å²) in [6.45, 7) is 11.7. The van der Waals surface area contributed by atoms with Gasteiger partial charge in [0, 0.05) is 43.0 Å². The average molecular weight is 571 g/mol. The lowest BCUT2D eigenvalue weighted by Crippen LogP contribution is -2.42. The van der Waals surface area contributed by atoms with Crippen molar-refractivity contribution in [2.45, 2.75) is 65.0 Å². The van der Waals surface area contributed by atoms with E-state index >= 15 is 0 Å².